The topological polar surface area (TPSA) is 105 Å². The average molecular weight is 482 g/mol. The van der Waals surface area contributed by atoms with Crippen LogP contribution in [0.15, 0.2) is 47.8 Å². The molecular weight excluding hydrogens is 458 g/mol. The molecule has 0 aliphatic carbocycles. The van der Waals surface area contributed by atoms with E-state index >= 15 is 0 Å². The van der Waals surface area contributed by atoms with Crippen molar-refractivity contribution in [1.82, 2.24) is 19.7 Å². The Morgan fingerprint density at radius 1 is 1.30 bits per heavy atom. The van der Waals surface area contributed by atoms with Crippen molar-refractivity contribution >= 4 is 45.0 Å². The monoisotopic (exact) mass is 481 g/mol. The van der Waals surface area contributed by atoms with Crippen molar-refractivity contribution in [3.8, 4) is 10.7 Å². The first-order chi connectivity index (χ1) is 16.1. The zero-order valence-electron chi connectivity index (χ0n) is 18.1. The normalized spacial score (nSPS) is 15.8. The van der Waals surface area contributed by atoms with Gasteiger partial charge in [0.05, 0.1) is 35.9 Å². The molecule has 10 heteroatoms. The van der Waals surface area contributed by atoms with E-state index in [9.17, 15) is 4.79 Å². The molecule has 1 aromatic carbocycles. The number of hydrogen-bond donors (Lipinski definition) is 1. The number of fused-ring (bicyclic) bond motifs is 1. The van der Waals surface area contributed by atoms with Gasteiger partial charge in [0.15, 0.2) is 11.0 Å². The predicted octanol–water partition coefficient (Wildman–Crippen LogP) is 4.39. The van der Waals surface area contributed by atoms with Gasteiger partial charge in [-0.1, -0.05) is 23.9 Å². The van der Waals surface area contributed by atoms with Gasteiger partial charge in [0, 0.05) is 23.9 Å². The minimum Gasteiger partial charge on any atom is -0.465 e. The smallest absolute Gasteiger partial charge is 0.337 e. The minimum absolute atomic E-state index is 0.132. The van der Waals surface area contributed by atoms with E-state index in [4.69, 9.17) is 15.2 Å². The van der Waals surface area contributed by atoms with Crippen molar-refractivity contribution in [2.75, 3.05) is 19.5 Å². The van der Waals surface area contributed by atoms with Crippen LogP contribution in [0.25, 0.3) is 20.9 Å². The number of thiophene rings is 1. The van der Waals surface area contributed by atoms with E-state index < -0.39 is 0 Å². The number of hydrogen-bond acceptors (Lipinski definition) is 9. The summed E-state index contributed by atoms with van der Waals surface area (Å²) >= 11 is 3.13. The van der Waals surface area contributed by atoms with E-state index in [2.05, 4.69) is 19.7 Å². The SMILES string of the molecule is COC(=O)c1ccc(CSc2nnc(-c3sc4ncccc4c3N)n2CC2CCCO2)cc1. The highest BCUT2D eigenvalue weighted by atomic mass is 32.2. The molecule has 0 amide bonds. The fourth-order valence-electron chi connectivity index (χ4n) is 3.84. The number of anilines is 1. The maximum atomic E-state index is 11.7. The number of nitrogen functional groups attached to an aromatic ring is 1. The first kappa shape index (κ1) is 21.9. The maximum absolute atomic E-state index is 11.7. The molecule has 1 aliphatic rings. The molecule has 5 rings (SSSR count). The molecule has 1 atom stereocenters. The van der Waals surface area contributed by atoms with Gasteiger partial charge in [-0.3, -0.25) is 4.57 Å². The molecule has 0 radical (unpaired) electrons. The summed E-state index contributed by atoms with van der Waals surface area (Å²) in [7, 11) is 1.38. The third kappa shape index (κ3) is 4.46. The van der Waals surface area contributed by atoms with Gasteiger partial charge in [-0.2, -0.15) is 0 Å². The lowest BCUT2D eigenvalue weighted by Gasteiger charge is -2.14. The Morgan fingerprint density at radius 2 is 2.15 bits per heavy atom. The second-order valence-corrected chi connectivity index (χ2v) is 9.67. The Bertz CT molecular complexity index is 1280. The van der Waals surface area contributed by atoms with Crippen molar-refractivity contribution in [3.63, 3.8) is 0 Å². The lowest BCUT2D eigenvalue weighted by Crippen LogP contribution is -2.16. The number of carbonyl (C=O) groups is 1. The van der Waals surface area contributed by atoms with Crippen LogP contribution in [0.4, 0.5) is 5.69 Å². The van der Waals surface area contributed by atoms with E-state index in [1.54, 1.807) is 30.1 Å². The Hall–Kier alpha value is -2.95. The number of nitrogens with two attached hydrogens (primary N) is 1. The van der Waals surface area contributed by atoms with E-state index in [0.717, 1.165) is 51.1 Å². The molecule has 1 fully saturated rings. The van der Waals surface area contributed by atoms with Gasteiger partial charge in [0.25, 0.3) is 0 Å². The molecule has 0 spiro atoms. The summed E-state index contributed by atoms with van der Waals surface area (Å²) in [5, 5.41) is 10.8. The molecule has 4 heterocycles. The average Bonchev–Trinajstić information content (AvgIpc) is 3.58. The number of pyridine rings is 1. The van der Waals surface area contributed by atoms with Crippen LogP contribution in [0, 0.1) is 0 Å². The first-order valence-corrected chi connectivity index (χ1v) is 12.4. The van der Waals surface area contributed by atoms with E-state index in [1.807, 2.05) is 24.3 Å². The van der Waals surface area contributed by atoms with Gasteiger partial charge in [0.2, 0.25) is 0 Å². The molecular formula is C23H23N5O3S2. The molecule has 0 bridgehead atoms. The Balaban J connectivity index is 1.44. The van der Waals surface area contributed by atoms with Crippen molar-refractivity contribution in [2.45, 2.75) is 36.4 Å². The molecule has 0 saturated carbocycles. The number of methoxy groups -OCH3 is 1. The fourth-order valence-corrected chi connectivity index (χ4v) is 5.80. The molecule has 170 valence electrons. The lowest BCUT2D eigenvalue weighted by atomic mass is 10.1. The summed E-state index contributed by atoms with van der Waals surface area (Å²) in [4.78, 5) is 17.9. The molecule has 2 N–H and O–H groups in total. The van der Waals surface area contributed by atoms with E-state index in [0.29, 0.717) is 23.5 Å². The van der Waals surface area contributed by atoms with Crippen LogP contribution in [-0.4, -0.2) is 45.5 Å². The fraction of sp³-hybridized carbons (Fsp3) is 0.304. The van der Waals surface area contributed by atoms with Crippen molar-refractivity contribution in [3.05, 3.63) is 53.7 Å². The number of rotatable bonds is 7. The third-order valence-corrected chi connectivity index (χ3v) is 7.74. The number of ether oxygens (including phenoxy) is 2. The summed E-state index contributed by atoms with van der Waals surface area (Å²) in [6.45, 7) is 1.46. The van der Waals surface area contributed by atoms with Gasteiger partial charge in [-0.05, 0) is 42.7 Å². The largest absolute Gasteiger partial charge is 0.465 e. The number of aromatic nitrogens is 4. The molecule has 8 nitrogen and oxygen atoms in total. The zero-order valence-corrected chi connectivity index (χ0v) is 19.7. The van der Waals surface area contributed by atoms with Gasteiger partial charge in [-0.25, -0.2) is 9.78 Å². The number of benzene rings is 1. The Labute approximate surface area is 199 Å². The Kier molecular flexibility index (Phi) is 6.30. The summed E-state index contributed by atoms with van der Waals surface area (Å²) in [6.07, 6.45) is 3.98. The van der Waals surface area contributed by atoms with Crippen LogP contribution >= 0.6 is 23.1 Å². The molecule has 1 aliphatic heterocycles. The van der Waals surface area contributed by atoms with Crippen molar-refractivity contribution < 1.29 is 14.3 Å². The summed E-state index contributed by atoms with van der Waals surface area (Å²) in [6, 6.07) is 11.3. The van der Waals surface area contributed by atoms with E-state index in [1.165, 1.54) is 18.4 Å². The number of carbonyl (C=O) groups excluding carboxylic acids is 1. The predicted molar refractivity (Wildman–Crippen MR) is 129 cm³/mol. The van der Waals surface area contributed by atoms with Crippen molar-refractivity contribution in [2.24, 2.45) is 0 Å². The number of nitrogens with zero attached hydrogens (tertiary/aromatic N) is 4. The van der Waals surface area contributed by atoms with Crippen LogP contribution in [0.2, 0.25) is 0 Å². The molecule has 4 aromatic rings. The second-order valence-electron chi connectivity index (χ2n) is 7.73. The third-order valence-electron chi connectivity index (χ3n) is 5.58. The standard InChI is InChI=1S/C23H23N5O3S2/c1-30-22(29)15-8-6-14(7-9-15)13-32-23-27-26-20(28(23)12-16-4-3-11-31-16)19-18(24)17-5-2-10-25-21(17)33-19/h2,5-10,16H,3-4,11-13,24H2,1H3. The van der Waals surface area contributed by atoms with Crippen LogP contribution in [0.1, 0.15) is 28.8 Å². The zero-order chi connectivity index (χ0) is 22.8. The Morgan fingerprint density at radius 3 is 2.88 bits per heavy atom. The van der Waals surface area contributed by atoms with Gasteiger partial charge >= 0.3 is 5.97 Å². The lowest BCUT2D eigenvalue weighted by molar-refractivity contribution is 0.0600. The highest BCUT2D eigenvalue weighted by Crippen LogP contribution is 2.40. The highest BCUT2D eigenvalue weighted by Gasteiger charge is 2.24. The molecule has 33 heavy (non-hydrogen) atoms. The first-order valence-electron chi connectivity index (χ1n) is 10.6. The highest BCUT2D eigenvalue weighted by molar-refractivity contribution is 7.98. The quantitative estimate of drug-likeness (QED) is 0.306. The second kappa shape index (κ2) is 9.50. The minimum atomic E-state index is -0.342. The number of esters is 1. The molecule has 1 saturated heterocycles. The van der Waals surface area contributed by atoms with Gasteiger partial charge in [0.1, 0.15) is 4.83 Å². The molecule has 1 unspecified atom stereocenters. The van der Waals surface area contributed by atoms with Gasteiger partial charge < -0.3 is 15.2 Å². The maximum Gasteiger partial charge on any atom is 0.337 e. The van der Waals surface area contributed by atoms with Crippen LogP contribution in [0.3, 0.4) is 0 Å². The summed E-state index contributed by atoms with van der Waals surface area (Å²) < 4.78 is 12.8. The van der Waals surface area contributed by atoms with Crippen LogP contribution in [-0.2, 0) is 21.8 Å². The van der Waals surface area contributed by atoms with E-state index in [-0.39, 0.29) is 12.1 Å². The van der Waals surface area contributed by atoms with Crippen LogP contribution < -0.4 is 5.73 Å². The van der Waals surface area contributed by atoms with Gasteiger partial charge in [-0.15, -0.1) is 21.5 Å². The number of thioether (sulfide) groups is 1. The molecule has 3 aromatic heterocycles. The summed E-state index contributed by atoms with van der Waals surface area (Å²) in [5.74, 6) is 1.09. The van der Waals surface area contributed by atoms with Crippen molar-refractivity contribution in [1.29, 1.82) is 0 Å². The summed E-state index contributed by atoms with van der Waals surface area (Å²) in [5.41, 5.74) is 8.77. The van der Waals surface area contributed by atoms with Crippen LogP contribution in [0.5, 0.6) is 0 Å².